The summed E-state index contributed by atoms with van der Waals surface area (Å²) in [7, 11) is 3.17. The van der Waals surface area contributed by atoms with Gasteiger partial charge in [-0.15, -0.1) is 0 Å². The maximum Gasteiger partial charge on any atom is 0.244 e. The molecule has 0 aliphatic rings. The van der Waals surface area contributed by atoms with Gasteiger partial charge in [-0.1, -0.05) is 6.07 Å². The molecule has 0 fully saturated rings. The van der Waals surface area contributed by atoms with Crippen molar-refractivity contribution in [2.75, 3.05) is 14.2 Å². The minimum atomic E-state index is -0.175. The summed E-state index contributed by atoms with van der Waals surface area (Å²) in [6.45, 7) is 0.417. The number of pyridine rings is 1. The molecule has 1 aromatic carbocycles. The van der Waals surface area contributed by atoms with Gasteiger partial charge < -0.3 is 14.8 Å². The van der Waals surface area contributed by atoms with E-state index in [0.717, 1.165) is 22.3 Å². The van der Waals surface area contributed by atoms with Gasteiger partial charge in [0, 0.05) is 30.6 Å². The topological polar surface area (TPSA) is 60.5 Å². The fourth-order valence-electron chi connectivity index (χ4n) is 2.55. The number of aromatic nitrogens is 1. The van der Waals surface area contributed by atoms with E-state index in [2.05, 4.69) is 21.7 Å². The van der Waals surface area contributed by atoms with Crippen molar-refractivity contribution in [2.24, 2.45) is 0 Å². The van der Waals surface area contributed by atoms with Crippen LogP contribution in [0.1, 0.15) is 11.1 Å². The monoisotopic (exact) mass is 380 g/mol. The molecule has 27 heavy (non-hydrogen) atoms. The first-order chi connectivity index (χ1) is 13.2. The number of hydrogen-bond donors (Lipinski definition) is 1. The predicted molar refractivity (Wildman–Crippen MR) is 108 cm³/mol. The summed E-state index contributed by atoms with van der Waals surface area (Å²) < 4.78 is 10.5. The second kappa shape index (κ2) is 9.00. The molecule has 0 saturated carbocycles. The largest absolute Gasteiger partial charge is 0.493 e. The molecule has 1 amide bonds. The van der Waals surface area contributed by atoms with Gasteiger partial charge in [0.1, 0.15) is 0 Å². The number of amides is 1. The van der Waals surface area contributed by atoms with Crippen molar-refractivity contribution in [2.45, 2.75) is 6.54 Å². The van der Waals surface area contributed by atoms with Crippen LogP contribution < -0.4 is 14.8 Å². The van der Waals surface area contributed by atoms with Gasteiger partial charge in [0.15, 0.2) is 11.5 Å². The Morgan fingerprint density at radius 1 is 1.11 bits per heavy atom. The zero-order chi connectivity index (χ0) is 19.1. The number of nitrogens with zero attached hydrogens (tertiary/aromatic N) is 1. The van der Waals surface area contributed by atoms with E-state index in [1.165, 1.54) is 6.08 Å². The molecule has 6 heteroatoms. The van der Waals surface area contributed by atoms with E-state index in [0.29, 0.717) is 18.0 Å². The van der Waals surface area contributed by atoms with E-state index in [-0.39, 0.29) is 5.91 Å². The van der Waals surface area contributed by atoms with Crippen LogP contribution in [0, 0.1) is 0 Å². The molecule has 2 aromatic heterocycles. The predicted octanol–water partition coefficient (Wildman–Crippen LogP) is 4.16. The highest BCUT2D eigenvalue weighted by molar-refractivity contribution is 7.08. The summed E-state index contributed by atoms with van der Waals surface area (Å²) in [6, 6.07) is 9.57. The Labute approximate surface area is 162 Å². The summed E-state index contributed by atoms with van der Waals surface area (Å²) in [5.74, 6) is 1.10. The van der Waals surface area contributed by atoms with Crippen LogP contribution in [0.15, 0.2) is 59.6 Å². The number of methoxy groups -OCH3 is 2. The molecule has 0 bridgehead atoms. The average Bonchev–Trinajstić information content (AvgIpc) is 3.25. The van der Waals surface area contributed by atoms with Crippen molar-refractivity contribution in [3.05, 3.63) is 70.7 Å². The zero-order valence-electron chi connectivity index (χ0n) is 15.1. The van der Waals surface area contributed by atoms with E-state index in [4.69, 9.17) is 9.47 Å². The van der Waals surface area contributed by atoms with Crippen molar-refractivity contribution in [3.63, 3.8) is 0 Å². The molecule has 1 N–H and O–H groups in total. The highest BCUT2D eigenvalue weighted by atomic mass is 32.1. The minimum Gasteiger partial charge on any atom is -0.493 e. The maximum atomic E-state index is 12.1. The van der Waals surface area contributed by atoms with Gasteiger partial charge in [0.05, 0.1) is 14.2 Å². The number of thiophene rings is 1. The fourth-order valence-corrected chi connectivity index (χ4v) is 3.21. The van der Waals surface area contributed by atoms with E-state index >= 15 is 0 Å². The quantitative estimate of drug-likeness (QED) is 0.626. The lowest BCUT2D eigenvalue weighted by atomic mass is 10.1. The molecule has 0 aliphatic carbocycles. The van der Waals surface area contributed by atoms with Crippen molar-refractivity contribution in [1.82, 2.24) is 10.3 Å². The highest BCUT2D eigenvalue weighted by Gasteiger charge is 2.04. The first kappa shape index (κ1) is 18.7. The Kier molecular flexibility index (Phi) is 6.22. The molecule has 2 heterocycles. The van der Waals surface area contributed by atoms with Gasteiger partial charge >= 0.3 is 0 Å². The van der Waals surface area contributed by atoms with Crippen LogP contribution in [-0.2, 0) is 11.3 Å². The molecule has 3 aromatic rings. The smallest absolute Gasteiger partial charge is 0.244 e. The zero-order valence-corrected chi connectivity index (χ0v) is 16.0. The molecule has 0 aliphatic heterocycles. The Balaban J connectivity index is 1.60. The van der Waals surface area contributed by atoms with Crippen LogP contribution in [0.25, 0.3) is 17.2 Å². The third-order valence-electron chi connectivity index (χ3n) is 3.95. The van der Waals surface area contributed by atoms with Gasteiger partial charge in [0.2, 0.25) is 5.91 Å². The second-order valence-electron chi connectivity index (χ2n) is 5.76. The van der Waals surface area contributed by atoms with Crippen LogP contribution in [0.4, 0.5) is 0 Å². The van der Waals surface area contributed by atoms with Crippen molar-refractivity contribution in [1.29, 1.82) is 0 Å². The van der Waals surface area contributed by atoms with Gasteiger partial charge in [0.25, 0.3) is 0 Å². The van der Waals surface area contributed by atoms with Crippen LogP contribution in [0.5, 0.6) is 11.5 Å². The molecule has 0 atom stereocenters. The van der Waals surface area contributed by atoms with Crippen molar-refractivity contribution < 1.29 is 14.3 Å². The van der Waals surface area contributed by atoms with E-state index in [1.807, 2.05) is 29.8 Å². The molecule has 5 nitrogen and oxygen atoms in total. The molecule has 0 spiro atoms. The lowest BCUT2D eigenvalue weighted by Gasteiger charge is -2.07. The SMILES string of the molecule is COc1ccc(C=CC(=O)NCc2cncc(-c3ccsc3)c2)cc1OC. The fraction of sp³-hybridized carbons (Fsp3) is 0.143. The first-order valence-corrected chi connectivity index (χ1v) is 9.28. The molecule has 0 saturated heterocycles. The molecule has 3 rings (SSSR count). The van der Waals surface area contributed by atoms with Gasteiger partial charge in [-0.05, 0) is 57.8 Å². The number of rotatable bonds is 7. The number of carbonyl (C=O) groups is 1. The van der Waals surface area contributed by atoms with E-state index in [1.54, 1.807) is 43.9 Å². The summed E-state index contributed by atoms with van der Waals surface area (Å²) in [4.78, 5) is 16.4. The molecule has 138 valence electrons. The number of ether oxygens (including phenoxy) is 2. The van der Waals surface area contributed by atoms with Crippen LogP contribution in [0.2, 0.25) is 0 Å². The lowest BCUT2D eigenvalue weighted by molar-refractivity contribution is -0.116. The standard InChI is InChI=1S/C21H20N2O3S/c1-25-19-5-3-15(10-20(19)26-2)4-6-21(24)23-12-16-9-18(13-22-11-16)17-7-8-27-14-17/h3-11,13-14H,12H2,1-2H3,(H,23,24). The Morgan fingerprint density at radius 3 is 2.70 bits per heavy atom. The number of nitrogens with one attached hydrogen (secondary N) is 1. The molecular weight excluding hydrogens is 360 g/mol. The molecule has 0 unspecified atom stereocenters. The van der Waals surface area contributed by atoms with Crippen molar-refractivity contribution in [3.8, 4) is 22.6 Å². The number of carbonyl (C=O) groups excluding carboxylic acids is 1. The molecule has 0 radical (unpaired) electrons. The number of hydrogen-bond acceptors (Lipinski definition) is 5. The summed E-state index contributed by atoms with van der Waals surface area (Å²) in [5.41, 5.74) is 3.98. The summed E-state index contributed by atoms with van der Waals surface area (Å²) >= 11 is 1.64. The van der Waals surface area contributed by atoms with Crippen LogP contribution >= 0.6 is 11.3 Å². The Morgan fingerprint density at radius 2 is 1.96 bits per heavy atom. The number of benzene rings is 1. The summed E-state index contributed by atoms with van der Waals surface area (Å²) in [6.07, 6.45) is 6.81. The normalized spacial score (nSPS) is 10.7. The third kappa shape index (κ3) is 4.95. The second-order valence-corrected chi connectivity index (χ2v) is 6.54. The Hall–Kier alpha value is -3.12. The van der Waals surface area contributed by atoms with E-state index < -0.39 is 0 Å². The highest BCUT2D eigenvalue weighted by Crippen LogP contribution is 2.28. The maximum absolute atomic E-state index is 12.1. The summed E-state index contributed by atoms with van der Waals surface area (Å²) in [5, 5.41) is 6.98. The van der Waals surface area contributed by atoms with Crippen molar-refractivity contribution >= 4 is 23.3 Å². The van der Waals surface area contributed by atoms with Crippen LogP contribution in [-0.4, -0.2) is 25.1 Å². The average molecular weight is 380 g/mol. The molecular formula is C21H20N2O3S. The minimum absolute atomic E-state index is 0.175. The third-order valence-corrected chi connectivity index (χ3v) is 4.63. The van der Waals surface area contributed by atoms with Gasteiger partial charge in [-0.3, -0.25) is 9.78 Å². The first-order valence-electron chi connectivity index (χ1n) is 8.34. The Bertz CT molecular complexity index is 936. The van der Waals surface area contributed by atoms with Gasteiger partial charge in [-0.25, -0.2) is 0 Å². The van der Waals surface area contributed by atoms with E-state index in [9.17, 15) is 4.79 Å². The van der Waals surface area contributed by atoms with Crippen LogP contribution in [0.3, 0.4) is 0 Å². The van der Waals surface area contributed by atoms with Gasteiger partial charge in [-0.2, -0.15) is 11.3 Å². The lowest BCUT2D eigenvalue weighted by Crippen LogP contribution is -2.20.